The van der Waals surface area contributed by atoms with Crippen LogP contribution in [0.1, 0.15) is 32.0 Å². The zero-order valence-corrected chi connectivity index (χ0v) is 11.9. The predicted molar refractivity (Wildman–Crippen MR) is 79.1 cm³/mol. The largest absolute Gasteiger partial charge is 0.367 e. The molecule has 0 spiro atoms. The number of benzene rings is 1. The van der Waals surface area contributed by atoms with Crippen LogP contribution in [0, 0.1) is 13.8 Å². The molecule has 2 aromatic rings. The van der Waals surface area contributed by atoms with E-state index in [0.29, 0.717) is 5.56 Å². The Morgan fingerprint density at radius 2 is 1.90 bits per heavy atom. The van der Waals surface area contributed by atoms with Crippen molar-refractivity contribution in [2.75, 3.05) is 12.0 Å². The highest BCUT2D eigenvalue weighted by atomic mass is 16.2. The summed E-state index contributed by atoms with van der Waals surface area (Å²) in [5.41, 5.74) is 3.82. The summed E-state index contributed by atoms with van der Waals surface area (Å²) in [6, 6.07) is 9.20. The van der Waals surface area contributed by atoms with Crippen LogP contribution in [-0.2, 0) is 0 Å². The molecule has 0 saturated heterocycles. The molecular weight excluding hydrogens is 266 g/mol. The first kappa shape index (κ1) is 13.3. The third-order valence-electron chi connectivity index (χ3n) is 3.68. The minimum atomic E-state index is -0.355. The van der Waals surface area contributed by atoms with Crippen LogP contribution in [0.5, 0.6) is 0 Å². The number of hydrogen-bond acceptors (Lipinski definition) is 4. The van der Waals surface area contributed by atoms with Gasteiger partial charge in [-0.25, -0.2) is 0 Å². The molecule has 1 aliphatic rings. The van der Waals surface area contributed by atoms with E-state index in [0.717, 1.165) is 11.3 Å². The van der Waals surface area contributed by atoms with Gasteiger partial charge in [-0.05, 0) is 49.2 Å². The van der Waals surface area contributed by atoms with Gasteiger partial charge in [0, 0.05) is 11.9 Å². The summed E-state index contributed by atoms with van der Waals surface area (Å²) in [6.07, 6.45) is 1.52. The fourth-order valence-corrected chi connectivity index (χ4v) is 2.28. The highest BCUT2D eigenvalue weighted by molar-refractivity contribution is 6.20. The number of hydrogen-bond donors (Lipinski definition) is 1. The van der Waals surface area contributed by atoms with Crippen LogP contribution in [0.3, 0.4) is 0 Å². The normalized spacial score (nSPS) is 13.5. The Bertz CT molecular complexity index is 705. The van der Waals surface area contributed by atoms with E-state index in [1.54, 1.807) is 12.1 Å². The lowest BCUT2D eigenvalue weighted by molar-refractivity contribution is 0.0664. The molecular formula is C16H15N3O2. The maximum absolute atomic E-state index is 12.2. The summed E-state index contributed by atoms with van der Waals surface area (Å²) in [4.78, 5) is 29.5. The molecule has 106 valence electrons. The second kappa shape index (κ2) is 5.01. The summed E-state index contributed by atoms with van der Waals surface area (Å²) in [5.74, 6) is -0.661. The lowest BCUT2D eigenvalue weighted by Gasteiger charge is -2.16. The smallest absolute Gasteiger partial charge is 0.281 e. The van der Waals surface area contributed by atoms with E-state index in [4.69, 9.17) is 0 Å². The number of nitrogens with zero attached hydrogens (tertiary/aromatic N) is 2. The van der Waals surface area contributed by atoms with Crippen molar-refractivity contribution in [1.82, 2.24) is 9.88 Å². The number of aryl methyl sites for hydroxylation is 2. The van der Waals surface area contributed by atoms with Crippen LogP contribution in [0.25, 0.3) is 0 Å². The number of aromatic nitrogens is 1. The second-order valence-corrected chi connectivity index (χ2v) is 5.07. The van der Waals surface area contributed by atoms with Crippen molar-refractivity contribution in [3.8, 4) is 0 Å². The van der Waals surface area contributed by atoms with E-state index >= 15 is 0 Å². The topological polar surface area (TPSA) is 62.3 Å². The number of rotatable bonds is 3. The Kier molecular flexibility index (Phi) is 3.17. The molecule has 3 rings (SSSR count). The summed E-state index contributed by atoms with van der Waals surface area (Å²) in [7, 11) is 0. The van der Waals surface area contributed by atoms with Gasteiger partial charge in [-0.15, -0.1) is 0 Å². The molecule has 0 aliphatic carbocycles. The molecule has 1 aromatic carbocycles. The van der Waals surface area contributed by atoms with Crippen LogP contribution in [0.2, 0.25) is 0 Å². The van der Waals surface area contributed by atoms with E-state index in [-0.39, 0.29) is 24.2 Å². The third kappa shape index (κ3) is 2.27. The molecule has 5 nitrogen and oxygen atoms in total. The van der Waals surface area contributed by atoms with Gasteiger partial charge in [0.05, 0.1) is 12.2 Å². The average Bonchev–Trinajstić information content (AvgIpc) is 2.73. The van der Waals surface area contributed by atoms with Gasteiger partial charge in [0.25, 0.3) is 11.8 Å². The van der Waals surface area contributed by atoms with Crippen LogP contribution in [0.4, 0.5) is 5.69 Å². The Balaban J connectivity index is 1.76. The summed E-state index contributed by atoms with van der Waals surface area (Å²) >= 11 is 0. The lowest BCUT2D eigenvalue weighted by Crippen LogP contribution is -2.34. The first-order chi connectivity index (χ1) is 10.1. The number of pyridine rings is 1. The Morgan fingerprint density at radius 1 is 1.10 bits per heavy atom. The third-order valence-corrected chi connectivity index (χ3v) is 3.68. The molecule has 21 heavy (non-hydrogen) atoms. The highest BCUT2D eigenvalue weighted by Gasteiger charge is 2.36. The molecule has 5 heteroatoms. The number of fused-ring (bicyclic) bond motifs is 1. The number of nitrogens with one attached hydrogen (secondary N) is 1. The molecule has 1 N–H and O–H groups in total. The SMILES string of the molecule is Cc1ccc(NCN2C(=O)c3cccnc3C2=O)cc1C. The molecule has 1 aliphatic heterocycles. The molecule has 0 saturated carbocycles. The number of imide groups is 1. The van der Waals surface area contributed by atoms with Gasteiger partial charge >= 0.3 is 0 Å². The van der Waals surface area contributed by atoms with E-state index < -0.39 is 0 Å². The fourth-order valence-electron chi connectivity index (χ4n) is 2.28. The van der Waals surface area contributed by atoms with Crippen molar-refractivity contribution in [2.24, 2.45) is 0 Å². The standard InChI is InChI=1S/C16H15N3O2/c1-10-5-6-12(8-11(10)2)18-9-19-15(20)13-4-3-7-17-14(13)16(19)21/h3-8,18H,9H2,1-2H3. The number of amides is 2. The molecule has 2 amide bonds. The van der Waals surface area contributed by atoms with Crippen molar-refractivity contribution < 1.29 is 9.59 Å². The Morgan fingerprint density at radius 3 is 2.62 bits per heavy atom. The Hall–Kier alpha value is -2.69. The predicted octanol–water partition coefficient (Wildman–Crippen LogP) is 2.36. The van der Waals surface area contributed by atoms with Gasteiger partial charge in [0.15, 0.2) is 0 Å². The summed E-state index contributed by atoms with van der Waals surface area (Å²) in [5, 5.41) is 3.11. The molecule has 0 fully saturated rings. The maximum Gasteiger partial charge on any atom is 0.281 e. The fraction of sp³-hybridized carbons (Fsp3) is 0.188. The quantitative estimate of drug-likeness (QED) is 0.877. The van der Waals surface area contributed by atoms with Gasteiger partial charge in [-0.2, -0.15) is 0 Å². The summed E-state index contributed by atoms with van der Waals surface area (Å²) < 4.78 is 0. The van der Waals surface area contributed by atoms with Crippen LogP contribution >= 0.6 is 0 Å². The number of anilines is 1. The number of carbonyl (C=O) groups is 2. The van der Waals surface area contributed by atoms with Gasteiger partial charge in [0.2, 0.25) is 0 Å². The van der Waals surface area contributed by atoms with E-state index in [9.17, 15) is 9.59 Å². The van der Waals surface area contributed by atoms with Crippen molar-refractivity contribution in [3.63, 3.8) is 0 Å². The van der Waals surface area contributed by atoms with Crippen molar-refractivity contribution >= 4 is 17.5 Å². The molecule has 2 heterocycles. The van der Waals surface area contributed by atoms with Crippen LogP contribution in [-0.4, -0.2) is 28.4 Å². The first-order valence-electron chi connectivity index (χ1n) is 6.70. The van der Waals surface area contributed by atoms with Crippen LogP contribution < -0.4 is 5.32 Å². The van der Waals surface area contributed by atoms with E-state index in [1.165, 1.54) is 16.7 Å². The number of carbonyl (C=O) groups excluding carboxylic acids is 2. The zero-order chi connectivity index (χ0) is 15.0. The molecule has 0 atom stereocenters. The molecule has 0 bridgehead atoms. The van der Waals surface area contributed by atoms with Gasteiger partial charge in [-0.3, -0.25) is 19.5 Å². The zero-order valence-electron chi connectivity index (χ0n) is 11.9. The second-order valence-electron chi connectivity index (χ2n) is 5.07. The maximum atomic E-state index is 12.2. The lowest BCUT2D eigenvalue weighted by atomic mass is 10.1. The van der Waals surface area contributed by atoms with Crippen molar-refractivity contribution in [2.45, 2.75) is 13.8 Å². The first-order valence-corrected chi connectivity index (χ1v) is 6.70. The summed E-state index contributed by atoms with van der Waals surface area (Å²) in [6.45, 7) is 4.19. The van der Waals surface area contributed by atoms with Crippen molar-refractivity contribution in [1.29, 1.82) is 0 Å². The molecule has 1 aromatic heterocycles. The highest BCUT2D eigenvalue weighted by Crippen LogP contribution is 2.21. The minimum absolute atomic E-state index is 0.135. The molecule has 0 radical (unpaired) electrons. The van der Waals surface area contributed by atoms with E-state index in [1.807, 2.05) is 32.0 Å². The minimum Gasteiger partial charge on any atom is -0.367 e. The Labute approximate surface area is 122 Å². The van der Waals surface area contributed by atoms with Crippen molar-refractivity contribution in [3.05, 3.63) is 58.9 Å². The molecule has 0 unspecified atom stereocenters. The van der Waals surface area contributed by atoms with Gasteiger partial charge in [-0.1, -0.05) is 6.07 Å². The average molecular weight is 281 g/mol. The van der Waals surface area contributed by atoms with Gasteiger partial charge < -0.3 is 5.32 Å². The van der Waals surface area contributed by atoms with Crippen LogP contribution in [0.15, 0.2) is 36.5 Å². The van der Waals surface area contributed by atoms with Gasteiger partial charge in [0.1, 0.15) is 5.69 Å². The van der Waals surface area contributed by atoms with E-state index in [2.05, 4.69) is 10.3 Å². The monoisotopic (exact) mass is 281 g/mol.